The van der Waals surface area contributed by atoms with Crippen LogP contribution in [0.2, 0.25) is 0 Å². The number of carbonyl (C=O) groups excluding carboxylic acids is 1. The maximum atomic E-state index is 12.7. The van der Waals surface area contributed by atoms with Gasteiger partial charge in [0.05, 0.1) is 23.1 Å². The van der Waals surface area contributed by atoms with Gasteiger partial charge in [0.25, 0.3) is 5.56 Å². The first-order valence-corrected chi connectivity index (χ1v) is 8.57. The smallest absolute Gasteiger partial charge is 0.332 e. The van der Waals surface area contributed by atoms with Gasteiger partial charge >= 0.3 is 5.97 Å². The Morgan fingerprint density at radius 2 is 2.11 bits per heavy atom. The van der Waals surface area contributed by atoms with Crippen LogP contribution < -0.4 is 5.56 Å². The molecule has 138 valence electrons. The molecule has 0 spiro atoms. The molecule has 3 heterocycles. The van der Waals surface area contributed by atoms with Crippen LogP contribution in [0.5, 0.6) is 0 Å². The Labute approximate surface area is 153 Å². The Hall–Kier alpha value is -3.49. The zero-order valence-electron chi connectivity index (χ0n) is 14.3. The maximum absolute atomic E-state index is 12.7. The average Bonchev–Trinajstić information content (AvgIpc) is 3.13. The molecule has 0 saturated carbocycles. The predicted molar refractivity (Wildman–Crippen MR) is 95.1 cm³/mol. The summed E-state index contributed by atoms with van der Waals surface area (Å²) in [5.41, 5.74) is 2.28. The lowest BCUT2D eigenvalue weighted by Gasteiger charge is -2.32. The van der Waals surface area contributed by atoms with Crippen LogP contribution in [0.1, 0.15) is 29.5 Å². The number of benzene rings is 1. The normalized spacial score (nSPS) is 16.3. The van der Waals surface area contributed by atoms with E-state index in [-0.39, 0.29) is 36.5 Å². The number of hydrogen-bond donors (Lipinski definition) is 3. The minimum atomic E-state index is -1.13. The number of aryl methyl sites for hydroxylation is 1. The van der Waals surface area contributed by atoms with Crippen LogP contribution in [-0.4, -0.2) is 48.4 Å². The average molecular weight is 367 g/mol. The Balaban J connectivity index is 1.53. The van der Waals surface area contributed by atoms with E-state index in [0.29, 0.717) is 23.1 Å². The summed E-state index contributed by atoms with van der Waals surface area (Å²) in [5, 5.41) is 9.56. The van der Waals surface area contributed by atoms with Crippen molar-refractivity contribution in [2.45, 2.75) is 25.3 Å². The summed E-state index contributed by atoms with van der Waals surface area (Å²) < 4.78 is 0. The van der Waals surface area contributed by atoms with Gasteiger partial charge in [-0.3, -0.25) is 9.59 Å². The molecule has 9 nitrogen and oxygen atoms in total. The van der Waals surface area contributed by atoms with Gasteiger partial charge in [-0.25, -0.2) is 14.8 Å². The van der Waals surface area contributed by atoms with Crippen molar-refractivity contribution in [1.82, 2.24) is 24.8 Å². The molecule has 0 saturated heterocycles. The fraction of sp³-hybridized carbons (Fsp3) is 0.278. The number of fused-ring (bicyclic) bond motifs is 2. The van der Waals surface area contributed by atoms with Gasteiger partial charge in [0.15, 0.2) is 6.04 Å². The molecule has 1 amide bonds. The zero-order valence-corrected chi connectivity index (χ0v) is 14.3. The number of carboxylic acid groups (broad SMARTS) is 1. The SMILES string of the molecule is O=C(O)[C@@H]1c2nc[nH]c2CCN1C(=O)CCc1nc2ccccc2[nH]c1=O. The lowest BCUT2D eigenvalue weighted by atomic mass is 10.0. The van der Waals surface area contributed by atoms with E-state index in [1.807, 2.05) is 6.07 Å². The minimum absolute atomic E-state index is 0.00203. The van der Waals surface area contributed by atoms with Crippen molar-refractivity contribution in [3.8, 4) is 0 Å². The van der Waals surface area contributed by atoms with Gasteiger partial charge in [0.2, 0.25) is 5.91 Å². The van der Waals surface area contributed by atoms with Crippen molar-refractivity contribution in [2.24, 2.45) is 0 Å². The van der Waals surface area contributed by atoms with Crippen LogP contribution in [0, 0.1) is 0 Å². The molecule has 1 aromatic carbocycles. The van der Waals surface area contributed by atoms with Crippen LogP contribution in [0.15, 0.2) is 35.4 Å². The molecule has 4 rings (SSSR count). The number of nitrogens with one attached hydrogen (secondary N) is 2. The van der Waals surface area contributed by atoms with Gasteiger partial charge in [-0.2, -0.15) is 0 Å². The van der Waals surface area contributed by atoms with Gasteiger partial charge in [0.1, 0.15) is 5.69 Å². The topological polar surface area (TPSA) is 132 Å². The Morgan fingerprint density at radius 3 is 2.93 bits per heavy atom. The van der Waals surface area contributed by atoms with Crippen LogP contribution in [0.4, 0.5) is 0 Å². The number of carboxylic acids is 1. The standard InChI is InChI=1S/C18H17N5O4/c24-14(23-8-7-12-15(20-9-19-12)16(23)18(26)27)6-5-13-17(25)22-11-4-2-1-3-10(11)21-13/h1-4,9,16H,5-8H2,(H,19,20)(H,22,25)(H,26,27)/t16-/m0/s1. The molecule has 0 bridgehead atoms. The highest BCUT2D eigenvalue weighted by molar-refractivity contribution is 5.85. The highest BCUT2D eigenvalue weighted by Crippen LogP contribution is 2.28. The molecule has 2 aromatic heterocycles. The molecule has 0 unspecified atom stereocenters. The number of imidazole rings is 1. The fourth-order valence-electron chi connectivity index (χ4n) is 3.40. The van der Waals surface area contributed by atoms with E-state index in [0.717, 1.165) is 5.69 Å². The van der Waals surface area contributed by atoms with Crippen molar-refractivity contribution in [2.75, 3.05) is 6.54 Å². The molecule has 1 aliphatic rings. The third-order valence-electron chi connectivity index (χ3n) is 4.72. The van der Waals surface area contributed by atoms with Crippen molar-refractivity contribution >= 4 is 22.9 Å². The van der Waals surface area contributed by atoms with Crippen molar-refractivity contribution in [3.63, 3.8) is 0 Å². The van der Waals surface area contributed by atoms with Crippen LogP contribution in [0.25, 0.3) is 11.0 Å². The van der Waals surface area contributed by atoms with Crippen LogP contribution in [0.3, 0.4) is 0 Å². The molecule has 0 aliphatic carbocycles. The molecule has 1 aliphatic heterocycles. The summed E-state index contributed by atoms with van der Waals surface area (Å²) in [4.78, 5) is 51.9. The summed E-state index contributed by atoms with van der Waals surface area (Å²) in [6.07, 6.45) is 2.08. The molecule has 1 atom stereocenters. The number of aromatic amines is 2. The molecule has 0 fully saturated rings. The van der Waals surface area contributed by atoms with Crippen molar-refractivity contribution in [3.05, 3.63) is 58.0 Å². The van der Waals surface area contributed by atoms with Crippen molar-refractivity contribution in [1.29, 1.82) is 0 Å². The van der Waals surface area contributed by atoms with Gasteiger partial charge in [0, 0.05) is 31.5 Å². The lowest BCUT2D eigenvalue weighted by Crippen LogP contribution is -2.43. The molecule has 27 heavy (non-hydrogen) atoms. The minimum Gasteiger partial charge on any atom is -0.479 e. The number of amides is 1. The summed E-state index contributed by atoms with van der Waals surface area (Å²) in [5.74, 6) is -1.47. The molecule has 3 aromatic rings. The number of aliphatic carboxylic acids is 1. The Morgan fingerprint density at radius 1 is 1.30 bits per heavy atom. The lowest BCUT2D eigenvalue weighted by molar-refractivity contribution is -0.151. The predicted octanol–water partition coefficient (Wildman–Crippen LogP) is 0.789. The monoisotopic (exact) mass is 367 g/mol. The zero-order chi connectivity index (χ0) is 19.0. The third kappa shape index (κ3) is 3.07. The number of para-hydroxylation sites is 2. The van der Waals surface area contributed by atoms with Crippen LogP contribution in [-0.2, 0) is 22.4 Å². The van der Waals surface area contributed by atoms with E-state index < -0.39 is 12.0 Å². The second-order valence-corrected chi connectivity index (χ2v) is 6.37. The number of hydrogen-bond acceptors (Lipinski definition) is 5. The van der Waals surface area contributed by atoms with Gasteiger partial charge in [-0.1, -0.05) is 12.1 Å². The largest absolute Gasteiger partial charge is 0.479 e. The first kappa shape index (κ1) is 17.0. The summed E-state index contributed by atoms with van der Waals surface area (Å²) >= 11 is 0. The number of H-pyrrole nitrogens is 2. The van der Waals surface area contributed by atoms with Gasteiger partial charge in [-0.05, 0) is 12.1 Å². The highest BCUT2D eigenvalue weighted by Gasteiger charge is 2.37. The highest BCUT2D eigenvalue weighted by atomic mass is 16.4. The van der Waals surface area contributed by atoms with E-state index in [1.54, 1.807) is 18.2 Å². The van der Waals surface area contributed by atoms with E-state index in [2.05, 4.69) is 19.9 Å². The number of nitrogens with zero attached hydrogens (tertiary/aromatic N) is 3. The summed E-state index contributed by atoms with van der Waals surface area (Å²) in [6, 6.07) is 6.03. The Bertz CT molecular complexity index is 1090. The van der Waals surface area contributed by atoms with Gasteiger partial charge in [-0.15, -0.1) is 0 Å². The van der Waals surface area contributed by atoms with E-state index in [4.69, 9.17) is 0 Å². The number of carbonyl (C=O) groups is 2. The van der Waals surface area contributed by atoms with E-state index in [1.165, 1.54) is 11.2 Å². The third-order valence-corrected chi connectivity index (χ3v) is 4.72. The molecular formula is C18H17N5O4. The van der Waals surface area contributed by atoms with E-state index in [9.17, 15) is 19.5 Å². The first-order chi connectivity index (χ1) is 13.0. The molecular weight excluding hydrogens is 350 g/mol. The number of rotatable bonds is 4. The molecule has 9 heteroatoms. The van der Waals surface area contributed by atoms with Crippen molar-refractivity contribution < 1.29 is 14.7 Å². The molecule has 3 N–H and O–H groups in total. The van der Waals surface area contributed by atoms with Crippen LogP contribution >= 0.6 is 0 Å². The molecule has 0 radical (unpaired) electrons. The maximum Gasteiger partial charge on any atom is 0.332 e. The summed E-state index contributed by atoms with van der Waals surface area (Å²) in [6.45, 7) is 0.284. The second-order valence-electron chi connectivity index (χ2n) is 6.37. The number of aromatic nitrogens is 4. The quantitative estimate of drug-likeness (QED) is 0.624. The van der Waals surface area contributed by atoms with E-state index >= 15 is 0 Å². The fourth-order valence-corrected chi connectivity index (χ4v) is 3.40. The Kier molecular flexibility index (Phi) is 4.19. The first-order valence-electron chi connectivity index (χ1n) is 8.57. The second kappa shape index (κ2) is 6.67. The summed E-state index contributed by atoms with van der Waals surface area (Å²) in [7, 11) is 0. The van der Waals surface area contributed by atoms with Gasteiger partial charge < -0.3 is 20.0 Å².